The summed E-state index contributed by atoms with van der Waals surface area (Å²) in [6.45, 7) is 0. The maximum atomic E-state index is 12.0. The van der Waals surface area contributed by atoms with E-state index < -0.39 is 6.43 Å². The van der Waals surface area contributed by atoms with Crippen LogP contribution < -0.4 is 0 Å². The number of fused-ring (bicyclic) bond motifs is 1. The van der Waals surface area contributed by atoms with Gasteiger partial charge < -0.3 is 4.98 Å². The van der Waals surface area contributed by atoms with Crippen molar-refractivity contribution in [2.75, 3.05) is 0 Å². The van der Waals surface area contributed by atoms with E-state index in [1.54, 1.807) is 0 Å². The summed E-state index contributed by atoms with van der Waals surface area (Å²) in [6, 6.07) is 5.57. The molecule has 1 aromatic heterocycles. The van der Waals surface area contributed by atoms with Gasteiger partial charge in [0, 0.05) is 28.5 Å². The molecule has 1 N–H and O–H groups in total. The number of benzene rings is 1. The minimum absolute atomic E-state index is 0.0484. The number of aromatic nitrogens is 1. The zero-order valence-electron chi connectivity index (χ0n) is 8.64. The monoisotopic (exact) mass is 243 g/mol. The largest absolute Gasteiger partial charge is 0.361 e. The SMILES string of the molecule is FC(F)CCCc1c[nH]c2ccc(Cl)cc12. The van der Waals surface area contributed by atoms with Crippen LogP contribution in [0.3, 0.4) is 0 Å². The third kappa shape index (κ3) is 2.53. The van der Waals surface area contributed by atoms with Crippen LogP contribution in [-0.2, 0) is 6.42 Å². The van der Waals surface area contributed by atoms with E-state index in [9.17, 15) is 8.78 Å². The highest BCUT2D eigenvalue weighted by atomic mass is 35.5. The molecule has 0 fully saturated rings. The normalized spacial score (nSPS) is 11.5. The lowest BCUT2D eigenvalue weighted by atomic mass is 10.1. The van der Waals surface area contributed by atoms with Crippen LogP contribution in [0.5, 0.6) is 0 Å². The van der Waals surface area contributed by atoms with Crippen LogP contribution in [0.2, 0.25) is 5.02 Å². The highest BCUT2D eigenvalue weighted by Gasteiger charge is 2.06. The van der Waals surface area contributed by atoms with Crippen LogP contribution in [0.25, 0.3) is 10.9 Å². The molecule has 0 saturated heterocycles. The summed E-state index contributed by atoms with van der Waals surface area (Å²) in [5.41, 5.74) is 2.05. The predicted molar refractivity (Wildman–Crippen MR) is 62.3 cm³/mol. The second kappa shape index (κ2) is 4.83. The Hall–Kier alpha value is -1.09. The summed E-state index contributed by atoms with van der Waals surface area (Å²) < 4.78 is 24.0. The number of hydrogen-bond acceptors (Lipinski definition) is 0. The van der Waals surface area contributed by atoms with Crippen molar-refractivity contribution in [2.45, 2.75) is 25.7 Å². The third-order valence-corrected chi connectivity index (χ3v) is 2.83. The van der Waals surface area contributed by atoms with Crippen LogP contribution >= 0.6 is 11.6 Å². The third-order valence-electron chi connectivity index (χ3n) is 2.60. The van der Waals surface area contributed by atoms with Crippen LogP contribution in [0.4, 0.5) is 8.78 Å². The number of aromatic amines is 1. The van der Waals surface area contributed by atoms with Crippen molar-refractivity contribution < 1.29 is 8.78 Å². The standard InChI is InChI=1S/C12H12ClF2N/c13-9-4-5-11-10(6-9)8(7-16-11)2-1-3-12(14)15/h4-7,12,16H,1-3H2. The molecule has 0 bridgehead atoms. The molecule has 0 aliphatic heterocycles. The fourth-order valence-electron chi connectivity index (χ4n) is 1.80. The molecule has 2 aromatic rings. The Kier molecular flexibility index (Phi) is 3.44. The van der Waals surface area contributed by atoms with Gasteiger partial charge >= 0.3 is 0 Å². The second-order valence-electron chi connectivity index (χ2n) is 3.79. The molecule has 0 unspecified atom stereocenters. The molecule has 0 aliphatic rings. The van der Waals surface area contributed by atoms with E-state index in [0.717, 1.165) is 16.5 Å². The molecule has 0 amide bonds. The van der Waals surface area contributed by atoms with Crippen molar-refractivity contribution in [3.8, 4) is 0 Å². The van der Waals surface area contributed by atoms with Crippen molar-refractivity contribution >= 4 is 22.5 Å². The number of aryl methyl sites for hydroxylation is 1. The van der Waals surface area contributed by atoms with Gasteiger partial charge in [0.1, 0.15) is 0 Å². The zero-order chi connectivity index (χ0) is 11.5. The summed E-state index contributed by atoms with van der Waals surface area (Å²) in [6.07, 6.45) is 0.760. The Morgan fingerprint density at radius 3 is 2.88 bits per heavy atom. The van der Waals surface area contributed by atoms with Gasteiger partial charge in [0.05, 0.1) is 0 Å². The number of hydrogen-bond donors (Lipinski definition) is 1. The average molecular weight is 244 g/mol. The maximum absolute atomic E-state index is 12.0. The van der Waals surface area contributed by atoms with Crippen molar-refractivity contribution in [3.63, 3.8) is 0 Å². The van der Waals surface area contributed by atoms with E-state index in [1.807, 2.05) is 24.4 Å². The Bertz CT molecular complexity index is 479. The summed E-state index contributed by atoms with van der Waals surface area (Å²) in [5.74, 6) is 0. The van der Waals surface area contributed by atoms with Crippen molar-refractivity contribution in [3.05, 3.63) is 35.0 Å². The zero-order valence-corrected chi connectivity index (χ0v) is 9.40. The van der Waals surface area contributed by atoms with Gasteiger partial charge in [-0.3, -0.25) is 0 Å². The molecule has 0 atom stereocenters. The van der Waals surface area contributed by atoms with Crippen LogP contribution in [0.1, 0.15) is 18.4 Å². The molecular formula is C12H12ClF2N. The Labute approximate surface area is 97.4 Å². The summed E-state index contributed by atoms with van der Waals surface area (Å²) in [5, 5.41) is 1.70. The molecule has 0 spiro atoms. The van der Waals surface area contributed by atoms with Gasteiger partial charge in [0.15, 0.2) is 0 Å². The highest BCUT2D eigenvalue weighted by Crippen LogP contribution is 2.23. The molecule has 1 aromatic carbocycles. The molecule has 1 heterocycles. The minimum Gasteiger partial charge on any atom is -0.361 e. The van der Waals surface area contributed by atoms with Crippen LogP contribution in [-0.4, -0.2) is 11.4 Å². The molecule has 16 heavy (non-hydrogen) atoms. The van der Waals surface area contributed by atoms with Gasteiger partial charge in [-0.25, -0.2) is 8.78 Å². The van der Waals surface area contributed by atoms with E-state index in [4.69, 9.17) is 11.6 Å². The second-order valence-corrected chi connectivity index (χ2v) is 4.22. The lowest BCUT2D eigenvalue weighted by Crippen LogP contribution is -1.92. The number of halogens is 3. The van der Waals surface area contributed by atoms with Gasteiger partial charge in [-0.15, -0.1) is 0 Å². The molecule has 86 valence electrons. The number of H-pyrrole nitrogens is 1. The van der Waals surface area contributed by atoms with Crippen molar-refractivity contribution in [1.29, 1.82) is 0 Å². The highest BCUT2D eigenvalue weighted by molar-refractivity contribution is 6.31. The smallest absolute Gasteiger partial charge is 0.238 e. The number of alkyl halides is 2. The summed E-state index contributed by atoms with van der Waals surface area (Å²) in [7, 11) is 0. The van der Waals surface area contributed by atoms with E-state index in [-0.39, 0.29) is 6.42 Å². The van der Waals surface area contributed by atoms with Gasteiger partial charge in [-0.1, -0.05) is 11.6 Å². The topological polar surface area (TPSA) is 15.8 Å². The molecule has 4 heteroatoms. The van der Waals surface area contributed by atoms with Gasteiger partial charge in [-0.05, 0) is 36.6 Å². The maximum Gasteiger partial charge on any atom is 0.238 e. The van der Waals surface area contributed by atoms with E-state index in [1.165, 1.54) is 0 Å². The van der Waals surface area contributed by atoms with Crippen molar-refractivity contribution in [2.24, 2.45) is 0 Å². The van der Waals surface area contributed by atoms with Gasteiger partial charge in [0.25, 0.3) is 0 Å². The first-order valence-electron chi connectivity index (χ1n) is 5.20. The van der Waals surface area contributed by atoms with E-state index >= 15 is 0 Å². The summed E-state index contributed by atoms with van der Waals surface area (Å²) >= 11 is 5.90. The lowest BCUT2D eigenvalue weighted by Gasteiger charge is -2.00. The molecule has 0 aliphatic carbocycles. The first-order valence-corrected chi connectivity index (χ1v) is 5.58. The molecule has 2 rings (SSSR count). The lowest BCUT2D eigenvalue weighted by molar-refractivity contribution is 0.135. The number of rotatable bonds is 4. The minimum atomic E-state index is -2.21. The van der Waals surface area contributed by atoms with Gasteiger partial charge in [-0.2, -0.15) is 0 Å². The number of nitrogens with one attached hydrogen (secondary N) is 1. The fraction of sp³-hybridized carbons (Fsp3) is 0.333. The van der Waals surface area contributed by atoms with E-state index in [2.05, 4.69) is 4.98 Å². The van der Waals surface area contributed by atoms with Gasteiger partial charge in [0.2, 0.25) is 6.43 Å². The fourth-order valence-corrected chi connectivity index (χ4v) is 1.98. The molecule has 0 saturated carbocycles. The Balaban J connectivity index is 2.15. The molecule has 1 nitrogen and oxygen atoms in total. The van der Waals surface area contributed by atoms with Crippen LogP contribution in [0, 0.1) is 0 Å². The Morgan fingerprint density at radius 1 is 1.31 bits per heavy atom. The predicted octanol–water partition coefficient (Wildman–Crippen LogP) is 4.41. The average Bonchev–Trinajstić information content (AvgIpc) is 2.60. The first kappa shape index (κ1) is 11.4. The first-order chi connectivity index (χ1) is 7.66. The van der Waals surface area contributed by atoms with E-state index in [0.29, 0.717) is 17.9 Å². The van der Waals surface area contributed by atoms with Crippen LogP contribution in [0.15, 0.2) is 24.4 Å². The summed E-state index contributed by atoms with van der Waals surface area (Å²) in [4.78, 5) is 3.11. The van der Waals surface area contributed by atoms with Crippen molar-refractivity contribution in [1.82, 2.24) is 4.98 Å². The molecule has 0 radical (unpaired) electrons. The quantitative estimate of drug-likeness (QED) is 0.819. The molecular weight excluding hydrogens is 232 g/mol. The Morgan fingerprint density at radius 2 is 2.12 bits per heavy atom.